The van der Waals surface area contributed by atoms with Crippen molar-refractivity contribution in [1.29, 1.82) is 0 Å². The van der Waals surface area contributed by atoms with Gasteiger partial charge in [0, 0.05) is 12.8 Å². The second-order valence-corrected chi connectivity index (χ2v) is 22.1. The van der Waals surface area contributed by atoms with E-state index in [1.165, 1.54) is 18.7 Å². The van der Waals surface area contributed by atoms with E-state index in [4.69, 9.17) is 5.73 Å². The Kier molecular flexibility index (Phi) is 31.5. The van der Waals surface area contributed by atoms with Gasteiger partial charge in [0.1, 0.15) is 54.4 Å². The molecular weight excluding hydrogens is 1030 g/mol. The van der Waals surface area contributed by atoms with Gasteiger partial charge in [-0.05, 0) is 79.8 Å². The zero-order valence-electron chi connectivity index (χ0n) is 47.2. The van der Waals surface area contributed by atoms with Crippen molar-refractivity contribution in [2.45, 2.75) is 182 Å². The summed E-state index contributed by atoms with van der Waals surface area (Å²) in [5.74, 6) is -11.5. The molecule has 24 nitrogen and oxygen atoms in total. The van der Waals surface area contributed by atoms with Crippen LogP contribution in [0, 0.1) is 29.6 Å². The molecule has 0 aliphatic carbocycles. The van der Waals surface area contributed by atoms with Crippen LogP contribution in [0.15, 0.2) is 30.3 Å². The number of carboxylic acid groups (broad SMARTS) is 2. The van der Waals surface area contributed by atoms with Gasteiger partial charge >= 0.3 is 11.9 Å². The summed E-state index contributed by atoms with van der Waals surface area (Å²) in [6.45, 7) is 17.4. The maximum absolute atomic E-state index is 14.3. The normalized spacial score (nSPS) is 15.6. The molecule has 0 saturated carbocycles. The van der Waals surface area contributed by atoms with Gasteiger partial charge in [-0.2, -0.15) is 11.8 Å². The molecule has 0 heterocycles. The van der Waals surface area contributed by atoms with Gasteiger partial charge < -0.3 is 68.9 Å². The van der Waals surface area contributed by atoms with Crippen molar-refractivity contribution in [3.8, 4) is 0 Å². The molecular formula is C53H88N10O14S. The lowest BCUT2D eigenvalue weighted by Gasteiger charge is -2.30. The second kappa shape index (κ2) is 35.2. The van der Waals surface area contributed by atoms with Gasteiger partial charge in [0.25, 0.3) is 0 Å². The number of carbonyl (C=O) groups excluding carboxylic acids is 9. The van der Waals surface area contributed by atoms with Gasteiger partial charge in [0.2, 0.25) is 53.2 Å². The van der Waals surface area contributed by atoms with Crippen LogP contribution in [0.3, 0.4) is 0 Å². The molecule has 0 aliphatic rings. The number of aliphatic hydroxyl groups is 1. The standard InChI is InChI=1S/C53H88N10O14S/c1-13-31(10)43(52(75)59-38(25-33-17-15-14-16-18-33)47(70)55-32(11)44(67)62-42(30(8)9)53(76)77)63-46(69)35(19-20-40(65)66)56-48(71)37(24-28(4)5)58-51(74)41(29(6)7)61-50(73)39(26-64)60-49(72)36(23-27(2)3)57-45(68)34(54)21-22-78-12/h14-18,27-32,34-39,41-43,64H,13,19-26,54H2,1-12H3,(H,55,70)(H,56,71)(H,57,68)(H,58,74)(H,59,75)(H,60,72)(H,61,73)(H,62,67)(H,63,69)(H,65,66)(H,76,77). The highest BCUT2D eigenvalue weighted by Gasteiger charge is 2.37. The molecule has 0 spiro atoms. The highest BCUT2D eigenvalue weighted by Crippen LogP contribution is 2.15. The fraction of sp³-hybridized carbons (Fsp3) is 0.679. The number of nitrogens with one attached hydrogen (secondary N) is 9. The minimum absolute atomic E-state index is 0.0102. The Morgan fingerprint density at radius 1 is 0.513 bits per heavy atom. The summed E-state index contributed by atoms with van der Waals surface area (Å²) >= 11 is 1.50. The first-order valence-corrected chi connectivity index (χ1v) is 27.9. The van der Waals surface area contributed by atoms with Crippen molar-refractivity contribution in [3.63, 3.8) is 0 Å². The molecule has 0 radical (unpaired) electrons. The third-order valence-corrected chi connectivity index (χ3v) is 13.3. The van der Waals surface area contributed by atoms with Crippen molar-refractivity contribution in [3.05, 3.63) is 35.9 Å². The third kappa shape index (κ3) is 25.0. The molecule has 78 heavy (non-hydrogen) atoms. The van der Waals surface area contributed by atoms with Crippen LogP contribution in [-0.2, 0) is 59.2 Å². The fourth-order valence-corrected chi connectivity index (χ4v) is 8.32. The van der Waals surface area contributed by atoms with Gasteiger partial charge in [-0.15, -0.1) is 0 Å². The van der Waals surface area contributed by atoms with Crippen LogP contribution < -0.4 is 53.6 Å². The number of carboxylic acids is 2. The lowest BCUT2D eigenvalue weighted by molar-refractivity contribution is -0.143. The Morgan fingerprint density at radius 2 is 0.949 bits per heavy atom. The monoisotopic (exact) mass is 1120 g/mol. The van der Waals surface area contributed by atoms with Gasteiger partial charge in [-0.25, -0.2) is 4.79 Å². The lowest BCUT2D eigenvalue weighted by atomic mass is 9.96. The van der Waals surface area contributed by atoms with Crippen molar-refractivity contribution >= 4 is 76.9 Å². The van der Waals surface area contributed by atoms with E-state index in [0.29, 0.717) is 24.2 Å². The first kappa shape index (κ1) is 69.7. The summed E-state index contributed by atoms with van der Waals surface area (Å²) in [5.41, 5.74) is 6.63. The fourth-order valence-electron chi connectivity index (χ4n) is 7.83. The maximum atomic E-state index is 14.3. The molecule has 0 aliphatic heterocycles. The molecule has 440 valence electrons. The Bertz CT molecular complexity index is 2170. The molecule has 0 bridgehead atoms. The van der Waals surface area contributed by atoms with Gasteiger partial charge in [-0.1, -0.05) is 106 Å². The van der Waals surface area contributed by atoms with Crippen LogP contribution in [-0.4, -0.2) is 159 Å². The zero-order valence-corrected chi connectivity index (χ0v) is 48.0. The first-order chi connectivity index (χ1) is 36.5. The Labute approximate surface area is 462 Å². The molecule has 11 atom stereocenters. The Morgan fingerprint density at radius 3 is 1.42 bits per heavy atom. The molecule has 0 fully saturated rings. The molecule has 0 aromatic heterocycles. The summed E-state index contributed by atoms with van der Waals surface area (Å²) in [6.07, 6.45) is 1.53. The van der Waals surface area contributed by atoms with Crippen molar-refractivity contribution in [2.24, 2.45) is 35.3 Å². The lowest BCUT2D eigenvalue weighted by Crippen LogP contribution is -2.62. The van der Waals surface area contributed by atoms with E-state index in [2.05, 4.69) is 47.9 Å². The molecule has 1 aromatic rings. The molecule has 1 aromatic carbocycles. The van der Waals surface area contributed by atoms with E-state index < -0.39 is 163 Å². The number of rotatable bonds is 36. The molecule has 25 heteroatoms. The Hall–Kier alpha value is -6.34. The van der Waals surface area contributed by atoms with Crippen molar-refractivity contribution in [2.75, 3.05) is 18.6 Å². The largest absolute Gasteiger partial charge is 0.481 e. The van der Waals surface area contributed by atoms with Crippen LogP contribution in [0.1, 0.15) is 120 Å². The van der Waals surface area contributed by atoms with E-state index in [0.717, 1.165) is 0 Å². The maximum Gasteiger partial charge on any atom is 0.326 e. The number of carbonyl (C=O) groups is 11. The van der Waals surface area contributed by atoms with Gasteiger partial charge in [0.15, 0.2) is 0 Å². The SMILES string of the molecule is CCC(C)C(NC(=O)C(CCC(=O)O)NC(=O)C(CC(C)C)NC(=O)C(NC(=O)C(CO)NC(=O)C(CC(C)C)NC(=O)C(N)CCSC)C(C)C)C(=O)NC(Cc1ccccc1)C(=O)NC(C)C(=O)NC(C(=O)O)C(C)C. The summed E-state index contributed by atoms with van der Waals surface area (Å²) < 4.78 is 0. The van der Waals surface area contributed by atoms with E-state index in [-0.39, 0.29) is 31.1 Å². The van der Waals surface area contributed by atoms with E-state index in [1.807, 2.05) is 20.1 Å². The molecule has 14 N–H and O–H groups in total. The smallest absolute Gasteiger partial charge is 0.326 e. The van der Waals surface area contributed by atoms with Crippen molar-refractivity contribution < 1.29 is 68.1 Å². The van der Waals surface area contributed by atoms with Crippen LogP contribution in [0.4, 0.5) is 0 Å². The molecule has 9 amide bonds. The zero-order chi connectivity index (χ0) is 59.6. The number of hydrogen-bond donors (Lipinski definition) is 13. The van der Waals surface area contributed by atoms with Crippen LogP contribution >= 0.6 is 11.8 Å². The number of aliphatic carboxylic acids is 2. The topological polar surface area (TPSA) is 383 Å². The minimum Gasteiger partial charge on any atom is -0.481 e. The number of amides is 9. The molecule has 11 unspecified atom stereocenters. The van der Waals surface area contributed by atoms with E-state index in [1.54, 1.807) is 85.7 Å². The van der Waals surface area contributed by atoms with Gasteiger partial charge in [0.05, 0.1) is 12.6 Å². The second-order valence-electron chi connectivity index (χ2n) is 21.2. The highest BCUT2D eigenvalue weighted by atomic mass is 32.2. The Balaban J connectivity index is 3.46. The molecule has 1 rings (SSSR count). The van der Waals surface area contributed by atoms with E-state index in [9.17, 15) is 68.1 Å². The van der Waals surface area contributed by atoms with Crippen LogP contribution in [0.5, 0.6) is 0 Å². The number of thioether (sulfide) groups is 1. The highest BCUT2D eigenvalue weighted by molar-refractivity contribution is 7.98. The van der Waals surface area contributed by atoms with Crippen LogP contribution in [0.25, 0.3) is 0 Å². The number of hydrogen-bond acceptors (Lipinski definition) is 14. The number of benzene rings is 1. The average Bonchev–Trinajstić information content (AvgIpc) is 3.36. The quantitative estimate of drug-likeness (QED) is 0.0423. The predicted octanol–water partition coefficient (Wildman–Crippen LogP) is 0.0846. The van der Waals surface area contributed by atoms with Crippen LogP contribution in [0.2, 0.25) is 0 Å². The molecule has 0 saturated heterocycles. The predicted molar refractivity (Wildman–Crippen MR) is 294 cm³/mol. The minimum atomic E-state index is -1.59. The third-order valence-electron chi connectivity index (χ3n) is 12.7. The number of nitrogens with two attached hydrogens (primary N) is 1. The summed E-state index contributed by atoms with van der Waals surface area (Å²) in [6, 6.07) is -4.52. The van der Waals surface area contributed by atoms with Crippen molar-refractivity contribution in [1.82, 2.24) is 47.9 Å². The van der Waals surface area contributed by atoms with E-state index >= 15 is 0 Å². The number of aliphatic hydroxyl groups excluding tert-OH is 1. The average molecular weight is 1120 g/mol. The summed E-state index contributed by atoms with van der Waals surface area (Å²) in [4.78, 5) is 147. The summed E-state index contributed by atoms with van der Waals surface area (Å²) in [5, 5.41) is 52.5. The van der Waals surface area contributed by atoms with Gasteiger partial charge in [-0.3, -0.25) is 47.9 Å². The first-order valence-electron chi connectivity index (χ1n) is 26.5. The summed E-state index contributed by atoms with van der Waals surface area (Å²) in [7, 11) is 0.